The van der Waals surface area contributed by atoms with E-state index < -0.39 is 12.0 Å². The van der Waals surface area contributed by atoms with Crippen molar-refractivity contribution in [2.75, 3.05) is 6.54 Å². The Labute approximate surface area is 124 Å². The van der Waals surface area contributed by atoms with Crippen molar-refractivity contribution in [1.82, 2.24) is 4.90 Å². The molecule has 0 spiro atoms. The topological polar surface area (TPSA) is 40.5 Å². The molecular weight excluding hydrogens is 269 g/mol. The molecule has 3 rings (SSSR count). The van der Waals surface area contributed by atoms with Crippen molar-refractivity contribution in [1.29, 1.82) is 0 Å². The van der Waals surface area contributed by atoms with Gasteiger partial charge in [0.2, 0.25) is 0 Å². The molecule has 1 heterocycles. The molecule has 2 fully saturated rings. The Balaban J connectivity index is 1.87. The standard InChI is InChI=1S/C17H22FNO2/c1-10-6-7-12(8-15(10)18)11(2)19-9-13-4-3-5-14(13)16(19)17(20)21/h6-8,11,13-14,16H,3-5,9H2,1-2H3,(H,20,21). The number of benzene rings is 1. The zero-order valence-electron chi connectivity index (χ0n) is 12.6. The lowest BCUT2D eigenvalue weighted by Gasteiger charge is -2.30. The van der Waals surface area contributed by atoms with Crippen LogP contribution in [0.2, 0.25) is 0 Å². The van der Waals surface area contributed by atoms with E-state index in [0.29, 0.717) is 11.5 Å². The average Bonchev–Trinajstić information content (AvgIpc) is 3.00. The molecule has 2 aliphatic rings. The van der Waals surface area contributed by atoms with Crippen molar-refractivity contribution in [3.63, 3.8) is 0 Å². The van der Waals surface area contributed by atoms with Crippen molar-refractivity contribution >= 4 is 5.97 Å². The average molecular weight is 291 g/mol. The molecule has 21 heavy (non-hydrogen) atoms. The van der Waals surface area contributed by atoms with E-state index in [2.05, 4.69) is 4.90 Å². The number of fused-ring (bicyclic) bond motifs is 1. The van der Waals surface area contributed by atoms with Gasteiger partial charge < -0.3 is 5.11 Å². The van der Waals surface area contributed by atoms with E-state index >= 15 is 0 Å². The molecule has 1 N–H and O–H groups in total. The monoisotopic (exact) mass is 291 g/mol. The van der Waals surface area contributed by atoms with E-state index in [0.717, 1.165) is 31.4 Å². The number of likely N-dealkylation sites (tertiary alicyclic amines) is 1. The van der Waals surface area contributed by atoms with Gasteiger partial charge in [-0.15, -0.1) is 0 Å². The minimum Gasteiger partial charge on any atom is -0.480 e. The van der Waals surface area contributed by atoms with Crippen LogP contribution in [0.5, 0.6) is 0 Å². The molecule has 1 aromatic carbocycles. The molecule has 114 valence electrons. The zero-order chi connectivity index (χ0) is 15.1. The van der Waals surface area contributed by atoms with Crippen LogP contribution in [0.4, 0.5) is 4.39 Å². The number of nitrogens with zero attached hydrogens (tertiary/aromatic N) is 1. The Kier molecular flexibility index (Phi) is 3.74. The highest BCUT2D eigenvalue weighted by Gasteiger charge is 2.49. The van der Waals surface area contributed by atoms with Gasteiger partial charge in [-0.1, -0.05) is 18.6 Å². The normalized spacial score (nSPS) is 30.3. The number of aryl methyl sites for hydroxylation is 1. The number of hydrogen-bond donors (Lipinski definition) is 1. The summed E-state index contributed by atoms with van der Waals surface area (Å²) >= 11 is 0. The van der Waals surface area contributed by atoms with Gasteiger partial charge in [0, 0.05) is 12.6 Å². The van der Waals surface area contributed by atoms with Gasteiger partial charge >= 0.3 is 5.97 Å². The maximum absolute atomic E-state index is 13.8. The lowest BCUT2D eigenvalue weighted by atomic mass is 9.94. The van der Waals surface area contributed by atoms with Gasteiger partial charge in [0.25, 0.3) is 0 Å². The summed E-state index contributed by atoms with van der Waals surface area (Å²) in [4.78, 5) is 13.8. The molecule has 0 radical (unpaired) electrons. The van der Waals surface area contributed by atoms with Crippen LogP contribution in [-0.4, -0.2) is 28.6 Å². The Hall–Kier alpha value is -1.42. The van der Waals surface area contributed by atoms with Crippen molar-refractivity contribution in [3.05, 3.63) is 35.1 Å². The van der Waals surface area contributed by atoms with Crippen LogP contribution in [0.15, 0.2) is 18.2 Å². The van der Waals surface area contributed by atoms with Crippen LogP contribution in [0.1, 0.15) is 43.4 Å². The van der Waals surface area contributed by atoms with Crippen LogP contribution in [0, 0.1) is 24.6 Å². The SMILES string of the molecule is Cc1ccc(C(C)N2CC3CCCC3C2C(=O)O)cc1F. The van der Waals surface area contributed by atoms with Gasteiger partial charge in [-0.05, 0) is 55.7 Å². The van der Waals surface area contributed by atoms with Crippen LogP contribution in [0.3, 0.4) is 0 Å². The Morgan fingerprint density at radius 3 is 2.86 bits per heavy atom. The first kappa shape index (κ1) is 14.5. The maximum atomic E-state index is 13.8. The first-order valence-corrected chi connectivity index (χ1v) is 7.73. The first-order chi connectivity index (χ1) is 9.99. The first-order valence-electron chi connectivity index (χ1n) is 7.73. The molecule has 4 atom stereocenters. The third-order valence-corrected chi connectivity index (χ3v) is 5.35. The molecule has 4 heteroatoms. The van der Waals surface area contributed by atoms with Gasteiger partial charge in [0.15, 0.2) is 0 Å². The zero-order valence-corrected chi connectivity index (χ0v) is 12.6. The van der Waals surface area contributed by atoms with E-state index in [1.165, 1.54) is 0 Å². The fourth-order valence-electron chi connectivity index (χ4n) is 4.12. The summed E-state index contributed by atoms with van der Waals surface area (Å²) < 4.78 is 13.8. The lowest BCUT2D eigenvalue weighted by molar-refractivity contribution is -0.144. The van der Waals surface area contributed by atoms with Crippen molar-refractivity contribution in [2.45, 2.75) is 45.2 Å². The largest absolute Gasteiger partial charge is 0.480 e. The van der Waals surface area contributed by atoms with Crippen LogP contribution < -0.4 is 0 Å². The third-order valence-electron chi connectivity index (χ3n) is 5.35. The minimum atomic E-state index is -0.733. The third kappa shape index (κ3) is 2.46. The molecular formula is C17H22FNO2. The van der Waals surface area contributed by atoms with E-state index in [1.807, 2.05) is 13.0 Å². The number of carboxylic acid groups (broad SMARTS) is 1. The predicted octanol–water partition coefficient (Wildman–Crippen LogP) is 3.38. The summed E-state index contributed by atoms with van der Waals surface area (Å²) in [6.45, 7) is 4.55. The Bertz CT molecular complexity index is 560. The highest BCUT2D eigenvalue weighted by Crippen LogP contribution is 2.45. The second-order valence-electron chi connectivity index (χ2n) is 6.52. The highest BCUT2D eigenvalue weighted by atomic mass is 19.1. The Morgan fingerprint density at radius 1 is 1.43 bits per heavy atom. The van der Waals surface area contributed by atoms with E-state index in [1.54, 1.807) is 19.1 Å². The molecule has 3 nitrogen and oxygen atoms in total. The van der Waals surface area contributed by atoms with Crippen LogP contribution >= 0.6 is 0 Å². The molecule has 1 aromatic rings. The number of carboxylic acids is 1. The van der Waals surface area contributed by atoms with Crippen molar-refractivity contribution in [3.8, 4) is 0 Å². The minimum absolute atomic E-state index is 0.0631. The Morgan fingerprint density at radius 2 is 2.19 bits per heavy atom. The molecule has 0 amide bonds. The van der Waals surface area contributed by atoms with E-state index in [4.69, 9.17) is 0 Å². The number of aliphatic carboxylic acids is 1. The maximum Gasteiger partial charge on any atom is 0.321 e. The van der Waals surface area contributed by atoms with Crippen molar-refractivity contribution in [2.24, 2.45) is 11.8 Å². The molecule has 1 aliphatic heterocycles. The smallest absolute Gasteiger partial charge is 0.321 e. The lowest BCUT2D eigenvalue weighted by Crippen LogP contribution is -2.41. The summed E-state index contributed by atoms with van der Waals surface area (Å²) in [5.74, 6) is -0.196. The second kappa shape index (κ2) is 5.41. The second-order valence-corrected chi connectivity index (χ2v) is 6.52. The molecule has 0 aromatic heterocycles. The van der Waals surface area contributed by atoms with Gasteiger partial charge in [-0.3, -0.25) is 9.69 Å². The fourth-order valence-corrected chi connectivity index (χ4v) is 4.12. The number of halogens is 1. The fraction of sp³-hybridized carbons (Fsp3) is 0.588. The molecule has 1 aliphatic carbocycles. The van der Waals surface area contributed by atoms with Crippen molar-refractivity contribution < 1.29 is 14.3 Å². The van der Waals surface area contributed by atoms with Gasteiger partial charge in [-0.25, -0.2) is 4.39 Å². The number of carbonyl (C=O) groups is 1. The van der Waals surface area contributed by atoms with E-state index in [-0.39, 0.29) is 17.8 Å². The van der Waals surface area contributed by atoms with Crippen LogP contribution in [-0.2, 0) is 4.79 Å². The van der Waals surface area contributed by atoms with Gasteiger partial charge in [0.1, 0.15) is 11.9 Å². The molecule has 0 bridgehead atoms. The number of hydrogen-bond acceptors (Lipinski definition) is 2. The molecule has 1 saturated heterocycles. The van der Waals surface area contributed by atoms with Gasteiger partial charge in [-0.2, -0.15) is 0 Å². The summed E-state index contributed by atoms with van der Waals surface area (Å²) in [5.41, 5.74) is 1.49. The molecule has 4 unspecified atom stereocenters. The summed E-state index contributed by atoms with van der Waals surface area (Å²) in [6, 6.07) is 4.75. The summed E-state index contributed by atoms with van der Waals surface area (Å²) in [7, 11) is 0. The number of rotatable bonds is 3. The van der Waals surface area contributed by atoms with Crippen LogP contribution in [0.25, 0.3) is 0 Å². The van der Waals surface area contributed by atoms with E-state index in [9.17, 15) is 14.3 Å². The summed E-state index contributed by atoms with van der Waals surface area (Å²) in [6.07, 6.45) is 3.27. The predicted molar refractivity (Wildman–Crippen MR) is 78.5 cm³/mol. The summed E-state index contributed by atoms with van der Waals surface area (Å²) in [5, 5.41) is 9.61. The molecule has 1 saturated carbocycles. The highest BCUT2D eigenvalue weighted by molar-refractivity contribution is 5.74. The quantitative estimate of drug-likeness (QED) is 0.928. The van der Waals surface area contributed by atoms with Gasteiger partial charge in [0.05, 0.1) is 0 Å².